The highest BCUT2D eigenvalue weighted by Crippen LogP contribution is 2.30. The van der Waals surface area contributed by atoms with Gasteiger partial charge in [-0.15, -0.1) is 0 Å². The van der Waals surface area contributed by atoms with Crippen LogP contribution in [-0.4, -0.2) is 46.9 Å². The smallest absolute Gasteiger partial charge is 0.240 e. The van der Waals surface area contributed by atoms with E-state index in [0.29, 0.717) is 23.9 Å². The summed E-state index contributed by atoms with van der Waals surface area (Å²) in [5.41, 5.74) is 0. The van der Waals surface area contributed by atoms with Crippen molar-refractivity contribution < 1.29 is 4.79 Å². The van der Waals surface area contributed by atoms with Gasteiger partial charge in [-0.25, -0.2) is 0 Å². The Kier molecular flexibility index (Phi) is 5.48. The number of hydrogen-bond acceptors (Lipinski definition) is 2. The van der Waals surface area contributed by atoms with E-state index < -0.39 is 0 Å². The molecular formula is C17H32N2O. The molecule has 0 saturated carbocycles. The van der Waals surface area contributed by atoms with Gasteiger partial charge in [-0.05, 0) is 38.5 Å². The Labute approximate surface area is 124 Å². The van der Waals surface area contributed by atoms with Crippen LogP contribution in [0, 0.1) is 5.92 Å². The molecule has 0 aromatic carbocycles. The summed E-state index contributed by atoms with van der Waals surface area (Å²) in [4.78, 5) is 17.4. The van der Waals surface area contributed by atoms with E-state index >= 15 is 0 Å². The van der Waals surface area contributed by atoms with Crippen LogP contribution in [0.25, 0.3) is 0 Å². The first-order valence-corrected chi connectivity index (χ1v) is 8.64. The molecular weight excluding hydrogens is 248 g/mol. The Hall–Kier alpha value is -0.570. The molecule has 1 amide bonds. The number of carbonyl (C=O) groups excluding carboxylic acids is 1. The van der Waals surface area contributed by atoms with E-state index in [2.05, 4.69) is 37.5 Å². The largest absolute Gasteiger partial charge is 0.338 e. The maximum atomic E-state index is 12.8. The fourth-order valence-electron chi connectivity index (χ4n) is 4.05. The highest BCUT2D eigenvalue weighted by Gasteiger charge is 2.42. The minimum Gasteiger partial charge on any atom is -0.338 e. The predicted molar refractivity (Wildman–Crippen MR) is 83.7 cm³/mol. The Morgan fingerprint density at radius 2 is 1.85 bits per heavy atom. The molecule has 0 aromatic rings. The van der Waals surface area contributed by atoms with Crippen molar-refractivity contribution in [2.45, 2.75) is 84.3 Å². The Balaban J connectivity index is 1.96. The van der Waals surface area contributed by atoms with Crippen LogP contribution in [0.4, 0.5) is 0 Å². The topological polar surface area (TPSA) is 23.6 Å². The first-order chi connectivity index (χ1) is 9.58. The number of nitrogens with zero attached hydrogens (tertiary/aromatic N) is 2. The molecule has 2 fully saturated rings. The van der Waals surface area contributed by atoms with E-state index in [-0.39, 0.29) is 6.04 Å². The maximum Gasteiger partial charge on any atom is 0.240 e. The summed E-state index contributed by atoms with van der Waals surface area (Å²) < 4.78 is 0. The number of carbonyl (C=O) groups is 1. The fraction of sp³-hybridized carbons (Fsp3) is 0.941. The van der Waals surface area contributed by atoms with Crippen LogP contribution in [0.15, 0.2) is 0 Å². The molecule has 2 heterocycles. The van der Waals surface area contributed by atoms with Crippen molar-refractivity contribution in [3.63, 3.8) is 0 Å². The second-order valence-electron chi connectivity index (χ2n) is 6.95. The molecule has 0 bridgehead atoms. The molecule has 2 aliphatic heterocycles. The van der Waals surface area contributed by atoms with Crippen LogP contribution in [0.3, 0.4) is 0 Å². The van der Waals surface area contributed by atoms with Gasteiger partial charge in [0.05, 0.1) is 6.04 Å². The van der Waals surface area contributed by atoms with Crippen molar-refractivity contribution in [2.75, 3.05) is 13.1 Å². The van der Waals surface area contributed by atoms with Gasteiger partial charge in [0.2, 0.25) is 5.91 Å². The molecule has 116 valence electrons. The molecule has 2 aliphatic rings. The molecule has 3 nitrogen and oxygen atoms in total. The van der Waals surface area contributed by atoms with Gasteiger partial charge in [0.25, 0.3) is 0 Å². The van der Waals surface area contributed by atoms with E-state index in [1.54, 1.807) is 0 Å². The quantitative estimate of drug-likeness (QED) is 0.745. The second kappa shape index (κ2) is 6.93. The van der Waals surface area contributed by atoms with Crippen molar-refractivity contribution in [2.24, 2.45) is 5.92 Å². The molecule has 2 saturated heterocycles. The minimum absolute atomic E-state index is 0.186. The normalized spacial score (nSPS) is 30.9. The zero-order valence-corrected chi connectivity index (χ0v) is 13.8. The lowest BCUT2D eigenvalue weighted by Crippen LogP contribution is -2.60. The molecule has 3 atom stereocenters. The van der Waals surface area contributed by atoms with Crippen molar-refractivity contribution >= 4 is 5.91 Å². The van der Waals surface area contributed by atoms with Gasteiger partial charge in [0.15, 0.2) is 0 Å². The summed E-state index contributed by atoms with van der Waals surface area (Å²) in [5, 5.41) is 0. The zero-order chi connectivity index (χ0) is 14.7. The average molecular weight is 280 g/mol. The van der Waals surface area contributed by atoms with Crippen molar-refractivity contribution in [1.82, 2.24) is 9.80 Å². The lowest BCUT2D eigenvalue weighted by Gasteiger charge is -2.47. The molecule has 0 radical (unpaired) electrons. The van der Waals surface area contributed by atoms with Gasteiger partial charge >= 0.3 is 0 Å². The molecule has 3 heteroatoms. The Bertz CT molecular complexity index is 325. The van der Waals surface area contributed by atoms with Gasteiger partial charge in [-0.1, -0.05) is 33.6 Å². The Morgan fingerprint density at radius 3 is 2.25 bits per heavy atom. The fourth-order valence-corrected chi connectivity index (χ4v) is 4.05. The summed E-state index contributed by atoms with van der Waals surface area (Å²) in [5.74, 6) is 1.08. The number of amides is 1. The highest BCUT2D eigenvalue weighted by molar-refractivity contribution is 5.83. The van der Waals surface area contributed by atoms with Crippen LogP contribution in [0.1, 0.15) is 66.2 Å². The number of likely N-dealkylation sites (tertiary alicyclic amines) is 2. The first-order valence-electron chi connectivity index (χ1n) is 8.64. The molecule has 2 unspecified atom stereocenters. The van der Waals surface area contributed by atoms with Crippen LogP contribution in [0.2, 0.25) is 0 Å². The Morgan fingerprint density at radius 1 is 1.20 bits per heavy atom. The van der Waals surface area contributed by atoms with Crippen molar-refractivity contribution in [3.8, 4) is 0 Å². The summed E-state index contributed by atoms with van der Waals surface area (Å²) in [6.45, 7) is 11.1. The third-order valence-corrected chi connectivity index (χ3v) is 5.13. The van der Waals surface area contributed by atoms with E-state index in [0.717, 1.165) is 19.5 Å². The first kappa shape index (κ1) is 15.8. The number of rotatable bonds is 6. The van der Waals surface area contributed by atoms with E-state index in [9.17, 15) is 4.79 Å². The monoisotopic (exact) mass is 280 g/mol. The third-order valence-electron chi connectivity index (χ3n) is 5.13. The van der Waals surface area contributed by atoms with Gasteiger partial charge in [0.1, 0.15) is 0 Å². The van der Waals surface area contributed by atoms with E-state index in [4.69, 9.17) is 0 Å². The molecule has 0 aromatic heterocycles. The average Bonchev–Trinajstić information content (AvgIpc) is 2.67. The number of hydrogen-bond donors (Lipinski definition) is 0. The van der Waals surface area contributed by atoms with Gasteiger partial charge in [-0.2, -0.15) is 0 Å². The molecule has 0 spiro atoms. The van der Waals surface area contributed by atoms with Crippen LogP contribution < -0.4 is 0 Å². The summed E-state index contributed by atoms with van der Waals surface area (Å²) in [7, 11) is 0. The minimum atomic E-state index is 0.186. The van der Waals surface area contributed by atoms with E-state index in [1.807, 2.05) is 0 Å². The highest BCUT2D eigenvalue weighted by atomic mass is 16.2. The third kappa shape index (κ3) is 3.19. The molecule has 2 rings (SSSR count). The molecule has 0 aliphatic carbocycles. The van der Waals surface area contributed by atoms with Gasteiger partial charge in [-0.3, -0.25) is 9.69 Å². The van der Waals surface area contributed by atoms with Crippen LogP contribution >= 0.6 is 0 Å². The SMILES string of the molecule is CCCC(CCC)N1CCC1C(=O)N1C[C@H](C)CC1C. The second-order valence-corrected chi connectivity index (χ2v) is 6.95. The zero-order valence-electron chi connectivity index (χ0n) is 13.8. The van der Waals surface area contributed by atoms with Crippen LogP contribution in [-0.2, 0) is 4.79 Å². The van der Waals surface area contributed by atoms with Crippen molar-refractivity contribution in [3.05, 3.63) is 0 Å². The summed E-state index contributed by atoms with van der Waals surface area (Å²) in [6, 6.07) is 1.25. The molecule has 0 N–H and O–H groups in total. The van der Waals surface area contributed by atoms with Crippen molar-refractivity contribution in [1.29, 1.82) is 0 Å². The molecule has 20 heavy (non-hydrogen) atoms. The predicted octanol–water partition coefficient (Wildman–Crippen LogP) is 3.29. The lowest BCUT2D eigenvalue weighted by atomic mass is 9.93. The van der Waals surface area contributed by atoms with E-state index in [1.165, 1.54) is 32.1 Å². The lowest BCUT2D eigenvalue weighted by molar-refractivity contribution is -0.144. The standard InChI is InChI=1S/C17H32N2O/c1-5-7-15(8-6-2)18-10-9-16(18)17(20)19-12-13(3)11-14(19)4/h13-16H,5-12H2,1-4H3/t13-,14?,16?/m1/s1. The van der Waals surface area contributed by atoms with Gasteiger partial charge in [0, 0.05) is 25.2 Å². The summed E-state index contributed by atoms with van der Waals surface area (Å²) in [6.07, 6.45) is 7.16. The maximum absolute atomic E-state index is 12.8. The van der Waals surface area contributed by atoms with Crippen LogP contribution in [0.5, 0.6) is 0 Å². The van der Waals surface area contributed by atoms with Gasteiger partial charge < -0.3 is 4.90 Å². The summed E-state index contributed by atoms with van der Waals surface area (Å²) >= 11 is 0.